The Kier molecular flexibility index (Phi) is 2.86. The van der Waals surface area contributed by atoms with E-state index >= 15 is 0 Å². The standard InChI is InChI=1S/C9H14N4O2/c10-7-5-11-13-8(7)9(14)12-6-1-3-15-4-2-6/h5-6H,1-4,10H2,(H,11,13)(H,12,14). The fourth-order valence-corrected chi connectivity index (χ4v) is 1.58. The highest BCUT2D eigenvalue weighted by molar-refractivity contribution is 5.97. The maximum Gasteiger partial charge on any atom is 0.271 e. The fraction of sp³-hybridized carbons (Fsp3) is 0.556. The number of carbonyl (C=O) groups is 1. The lowest BCUT2D eigenvalue weighted by atomic mass is 10.1. The van der Waals surface area contributed by atoms with Crippen molar-refractivity contribution in [1.29, 1.82) is 0 Å². The number of nitrogens with two attached hydrogens (primary N) is 1. The van der Waals surface area contributed by atoms with Crippen LogP contribution < -0.4 is 11.1 Å². The van der Waals surface area contributed by atoms with Crippen LogP contribution in [0.1, 0.15) is 23.3 Å². The third kappa shape index (κ3) is 2.27. The molecule has 1 aliphatic heterocycles. The summed E-state index contributed by atoms with van der Waals surface area (Å²) in [7, 11) is 0. The zero-order valence-corrected chi connectivity index (χ0v) is 8.32. The minimum atomic E-state index is -0.197. The van der Waals surface area contributed by atoms with E-state index < -0.39 is 0 Å². The molecule has 0 unspecified atom stereocenters. The lowest BCUT2D eigenvalue weighted by Gasteiger charge is -2.22. The van der Waals surface area contributed by atoms with E-state index in [0.717, 1.165) is 12.8 Å². The number of aromatic nitrogens is 2. The van der Waals surface area contributed by atoms with Gasteiger partial charge >= 0.3 is 0 Å². The molecule has 1 aromatic heterocycles. The molecule has 1 amide bonds. The fourth-order valence-electron chi connectivity index (χ4n) is 1.58. The molecule has 15 heavy (non-hydrogen) atoms. The average Bonchev–Trinajstić information content (AvgIpc) is 2.66. The van der Waals surface area contributed by atoms with Crippen LogP contribution in [0, 0.1) is 0 Å². The molecule has 1 aromatic rings. The normalized spacial score (nSPS) is 17.6. The van der Waals surface area contributed by atoms with Crippen LogP contribution in [0.3, 0.4) is 0 Å². The van der Waals surface area contributed by atoms with E-state index in [1.165, 1.54) is 6.20 Å². The highest BCUT2D eigenvalue weighted by Crippen LogP contribution is 2.10. The third-order valence-corrected chi connectivity index (χ3v) is 2.45. The van der Waals surface area contributed by atoms with Gasteiger partial charge in [-0.15, -0.1) is 0 Å². The average molecular weight is 210 g/mol. The van der Waals surface area contributed by atoms with Gasteiger partial charge in [0.05, 0.1) is 11.9 Å². The number of hydrogen-bond acceptors (Lipinski definition) is 4. The summed E-state index contributed by atoms with van der Waals surface area (Å²) in [6.45, 7) is 1.40. The predicted octanol–water partition coefficient (Wildman–Crippen LogP) is -0.0993. The first kappa shape index (κ1) is 9.97. The van der Waals surface area contributed by atoms with Crippen LogP contribution in [0.5, 0.6) is 0 Å². The molecule has 0 spiro atoms. The summed E-state index contributed by atoms with van der Waals surface area (Å²) < 4.78 is 5.20. The number of nitrogens with one attached hydrogen (secondary N) is 2. The molecule has 2 rings (SSSR count). The Bertz CT molecular complexity index is 344. The minimum absolute atomic E-state index is 0.175. The smallest absolute Gasteiger partial charge is 0.271 e. The van der Waals surface area contributed by atoms with Gasteiger partial charge < -0.3 is 15.8 Å². The lowest BCUT2D eigenvalue weighted by molar-refractivity contribution is 0.0694. The molecular weight excluding hydrogens is 196 g/mol. The van der Waals surface area contributed by atoms with E-state index in [4.69, 9.17) is 10.5 Å². The first-order valence-corrected chi connectivity index (χ1v) is 4.95. The van der Waals surface area contributed by atoms with Gasteiger partial charge in [-0.2, -0.15) is 5.10 Å². The van der Waals surface area contributed by atoms with Gasteiger partial charge in [-0.25, -0.2) is 0 Å². The van der Waals surface area contributed by atoms with Crippen molar-refractivity contribution in [2.24, 2.45) is 0 Å². The number of ether oxygens (including phenoxy) is 1. The number of carbonyl (C=O) groups excluding carboxylic acids is 1. The number of nitrogen functional groups attached to an aromatic ring is 1. The van der Waals surface area contributed by atoms with Crippen LogP contribution in [-0.4, -0.2) is 35.4 Å². The van der Waals surface area contributed by atoms with Crippen LogP contribution in [0.25, 0.3) is 0 Å². The number of nitrogens with zero attached hydrogens (tertiary/aromatic N) is 1. The highest BCUT2D eigenvalue weighted by Gasteiger charge is 2.19. The van der Waals surface area contributed by atoms with Gasteiger partial charge in [0.25, 0.3) is 5.91 Å². The Labute approximate surface area is 87.2 Å². The molecule has 6 nitrogen and oxygen atoms in total. The van der Waals surface area contributed by atoms with Crippen LogP contribution in [0.15, 0.2) is 6.20 Å². The van der Waals surface area contributed by atoms with Gasteiger partial charge in [0.2, 0.25) is 0 Å². The second-order valence-electron chi connectivity index (χ2n) is 3.56. The number of aromatic amines is 1. The molecule has 0 atom stereocenters. The molecule has 6 heteroatoms. The van der Waals surface area contributed by atoms with E-state index in [1.54, 1.807) is 0 Å². The van der Waals surface area contributed by atoms with E-state index in [-0.39, 0.29) is 11.9 Å². The molecule has 0 aliphatic carbocycles. The quantitative estimate of drug-likeness (QED) is 0.635. The van der Waals surface area contributed by atoms with Gasteiger partial charge in [-0.05, 0) is 12.8 Å². The number of anilines is 1. The molecule has 0 aromatic carbocycles. The van der Waals surface area contributed by atoms with E-state index in [9.17, 15) is 4.79 Å². The van der Waals surface area contributed by atoms with Crippen molar-refractivity contribution in [3.8, 4) is 0 Å². The van der Waals surface area contributed by atoms with E-state index in [0.29, 0.717) is 24.6 Å². The molecule has 1 aliphatic rings. The van der Waals surface area contributed by atoms with Gasteiger partial charge in [0, 0.05) is 19.3 Å². The van der Waals surface area contributed by atoms with E-state index in [2.05, 4.69) is 15.5 Å². The topological polar surface area (TPSA) is 93.0 Å². The maximum absolute atomic E-state index is 11.7. The Morgan fingerprint density at radius 1 is 1.60 bits per heavy atom. The molecule has 0 radical (unpaired) electrons. The Morgan fingerprint density at radius 2 is 2.33 bits per heavy atom. The highest BCUT2D eigenvalue weighted by atomic mass is 16.5. The second-order valence-corrected chi connectivity index (χ2v) is 3.56. The molecule has 0 bridgehead atoms. The molecule has 4 N–H and O–H groups in total. The van der Waals surface area contributed by atoms with E-state index in [1.807, 2.05) is 0 Å². The van der Waals surface area contributed by atoms with Crippen LogP contribution in [-0.2, 0) is 4.74 Å². The summed E-state index contributed by atoms with van der Waals surface area (Å²) in [6.07, 6.45) is 3.12. The van der Waals surface area contributed by atoms with Gasteiger partial charge in [-0.3, -0.25) is 9.89 Å². The van der Waals surface area contributed by atoms with Crippen molar-refractivity contribution in [2.75, 3.05) is 18.9 Å². The van der Waals surface area contributed by atoms with Gasteiger partial charge in [0.1, 0.15) is 5.69 Å². The predicted molar refractivity (Wildman–Crippen MR) is 54.3 cm³/mol. The summed E-state index contributed by atoms with van der Waals surface area (Å²) in [5, 5.41) is 9.17. The second kappa shape index (κ2) is 4.31. The Morgan fingerprint density at radius 3 is 2.93 bits per heavy atom. The summed E-state index contributed by atoms with van der Waals surface area (Å²) in [4.78, 5) is 11.7. The summed E-state index contributed by atoms with van der Waals surface area (Å²) in [5.41, 5.74) is 6.28. The first-order valence-electron chi connectivity index (χ1n) is 4.95. The Balaban J connectivity index is 1.94. The first-order chi connectivity index (χ1) is 7.27. The van der Waals surface area contributed by atoms with Crippen molar-refractivity contribution < 1.29 is 9.53 Å². The number of amides is 1. The van der Waals surface area contributed by atoms with Crippen LogP contribution in [0.2, 0.25) is 0 Å². The third-order valence-electron chi connectivity index (χ3n) is 2.45. The molecule has 82 valence electrons. The molecule has 0 saturated carbocycles. The monoisotopic (exact) mass is 210 g/mol. The lowest BCUT2D eigenvalue weighted by Crippen LogP contribution is -2.39. The van der Waals surface area contributed by atoms with Gasteiger partial charge in [-0.1, -0.05) is 0 Å². The van der Waals surface area contributed by atoms with Crippen LogP contribution in [0.4, 0.5) is 5.69 Å². The number of rotatable bonds is 2. The van der Waals surface area contributed by atoms with Gasteiger partial charge in [0.15, 0.2) is 0 Å². The van der Waals surface area contributed by atoms with Crippen molar-refractivity contribution in [2.45, 2.75) is 18.9 Å². The zero-order valence-electron chi connectivity index (χ0n) is 8.32. The molecule has 2 heterocycles. The van der Waals surface area contributed by atoms with Crippen molar-refractivity contribution in [1.82, 2.24) is 15.5 Å². The molecule has 1 fully saturated rings. The Hall–Kier alpha value is -1.56. The maximum atomic E-state index is 11.7. The summed E-state index contributed by atoms with van der Waals surface area (Å²) in [6, 6.07) is 0.175. The zero-order chi connectivity index (χ0) is 10.7. The molecule has 1 saturated heterocycles. The number of hydrogen-bond donors (Lipinski definition) is 3. The van der Waals surface area contributed by atoms with Crippen LogP contribution >= 0.6 is 0 Å². The largest absolute Gasteiger partial charge is 0.396 e. The van der Waals surface area contributed by atoms with Crippen molar-refractivity contribution in [3.05, 3.63) is 11.9 Å². The summed E-state index contributed by atoms with van der Waals surface area (Å²) >= 11 is 0. The molecular formula is C9H14N4O2. The summed E-state index contributed by atoms with van der Waals surface area (Å²) in [5.74, 6) is -0.197. The minimum Gasteiger partial charge on any atom is -0.396 e. The van der Waals surface area contributed by atoms with Crippen molar-refractivity contribution in [3.63, 3.8) is 0 Å². The number of H-pyrrole nitrogens is 1. The SMILES string of the molecule is Nc1cn[nH]c1C(=O)NC1CCOCC1. The van der Waals surface area contributed by atoms with Crippen molar-refractivity contribution >= 4 is 11.6 Å².